The number of allylic oxidation sites excluding steroid dienone is 1. The summed E-state index contributed by atoms with van der Waals surface area (Å²) < 4.78 is 12.4. The molecular weight excluding hydrogens is 574 g/mol. The highest BCUT2D eigenvalue weighted by molar-refractivity contribution is 6.05. The molecule has 3 fully saturated rings. The topological polar surface area (TPSA) is 125 Å². The number of benzene rings is 1. The maximum absolute atomic E-state index is 14.9. The number of carbonyl (C=O) groups is 4. The lowest BCUT2D eigenvalue weighted by Gasteiger charge is -2.40. The van der Waals surface area contributed by atoms with E-state index in [1.54, 1.807) is 24.0 Å². The molecule has 7 atom stereocenters. The van der Waals surface area contributed by atoms with Crippen LogP contribution < -0.4 is 10.2 Å². The van der Waals surface area contributed by atoms with Crippen LogP contribution in [-0.2, 0) is 28.7 Å². The van der Waals surface area contributed by atoms with Gasteiger partial charge in [0.2, 0.25) is 11.8 Å². The van der Waals surface area contributed by atoms with Crippen LogP contribution in [0.15, 0.2) is 43.5 Å². The number of hydrogen-bond donors (Lipinski definition) is 2. The molecule has 2 bridgehead atoms. The third-order valence-electron chi connectivity index (χ3n) is 9.36. The molecule has 0 unspecified atom stereocenters. The Morgan fingerprint density at radius 1 is 1.20 bits per heavy atom. The lowest BCUT2D eigenvalue weighted by Crippen LogP contribution is -2.59. The number of aryl methyl sites for hydroxylation is 2. The first-order valence-electron chi connectivity index (χ1n) is 16.1. The van der Waals surface area contributed by atoms with Gasteiger partial charge in [-0.1, -0.05) is 44.2 Å². The molecule has 1 spiro atoms. The molecule has 1 aromatic carbocycles. The van der Waals surface area contributed by atoms with Crippen LogP contribution in [0.5, 0.6) is 0 Å². The highest BCUT2D eigenvalue weighted by Crippen LogP contribution is 2.59. The largest absolute Gasteiger partial charge is 0.460 e. The number of nitrogens with one attached hydrogen (secondary N) is 1. The average molecular weight is 624 g/mol. The molecule has 3 saturated heterocycles. The lowest BCUT2D eigenvalue weighted by molar-refractivity contribution is -0.159. The minimum atomic E-state index is -1.24. The summed E-state index contributed by atoms with van der Waals surface area (Å²) in [6.07, 6.45) is 4.33. The van der Waals surface area contributed by atoms with Crippen molar-refractivity contribution >= 4 is 29.4 Å². The van der Waals surface area contributed by atoms with Crippen molar-refractivity contribution in [2.24, 2.45) is 17.8 Å². The number of aliphatic hydroxyl groups is 1. The Balaban J connectivity index is 1.70. The van der Waals surface area contributed by atoms with Crippen molar-refractivity contribution in [3.05, 3.63) is 54.6 Å². The summed E-state index contributed by atoms with van der Waals surface area (Å²) in [5.74, 6) is -3.15. The molecule has 3 aliphatic heterocycles. The smallest absolute Gasteiger partial charge is 0.312 e. The van der Waals surface area contributed by atoms with Gasteiger partial charge in [0, 0.05) is 18.7 Å². The van der Waals surface area contributed by atoms with Gasteiger partial charge in [-0.05, 0) is 63.5 Å². The minimum Gasteiger partial charge on any atom is -0.460 e. The molecule has 0 saturated carbocycles. The number of amides is 3. The van der Waals surface area contributed by atoms with Gasteiger partial charge in [0.25, 0.3) is 5.91 Å². The number of carbonyl (C=O) groups excluding carboxylic acids is 4. The highest BCUT2D eigenvalue weighted by Gasteiger charge is 2.75. The number of rotatable bonds is 15. The summed E-state index contributed by atoms with van der Waals surface area (Å²) in [5, 5.41) is 13.3. The summed E-state index contributed by atoms with van der Waals surface area (Å²) in [6.45, 7) is 17.1. The molecule has 1 aromatic rings. The van der Waals surface area contributed by atoms with Crippen molar-refractivity contribution in [2.75, 3.05) is 24.6 Å². The summed E-state index contributed by atoms with van der Waals surface area (Å²) in [6, 6.07) is 4.12. The number of likely N-dealkylation sites (tertiary alicyclic amines) is 1. The van der Waals surface area contributed by atoms with Gasteiger partial charge in [0.05, 0.1) is 37.1 Å². The van der Waals surface area contributed by atoms with E-state index >= 15 is 0 Å². The predicted molar refractivity (Wildman–Crippen MR) is 171 cm³/mol. The number of para-hydroxylation sites is 1. The summed E-state index contributed by atoms with van der Waals surface area (Å²) in [5.41, 5.74) is 1.30. The molecule has 45 heavy (non-hydrogen) atoms. The van der Waals surface area contributed by atoms with E-state index in [1.165, 1.54) is 4.90 Å². The fourth-order valence-electron chi connectivity index (χ4n) is 7.55. The zero-order valence-electron chi connectivity index (χ0n) is 27.3. The van der Waals surface area contributed by atoms with Crippen molar-refractivity contribution in [2.45, 2.75) is 96.6 Å². The SMILES string of the molecule is C=CCCC(=O)NC[C@H](C)OC(=O)[C@@H]1[C@@H]2CC[C@]3(O2)[C@H](C(=O)N(CC=C)c2c(C)cccc2C)N([C@@H](CO)CC(C)C)C(=O)[C@@H]13. The molecule has 246 valence electrons. The Hall–Kier alpha value is -3.50. The molecule has 3 amide bonds. The first-order chi connectivity index (χ1) is 21.4. The van der Waals surface area contributed by atoms with Gasteiger partial charge in [-0.25, -0.2) is 0 Å². The fourth-order valence-corrected chi connectivity index (χ4v) is 7.55. The van der Waals surface area contributed by atoms with Crippen molar-refractivity contribution in [3.8, 4) is 0 Å². The van der Waals surface area contributed by atoms with Crippen LogP contribution in [0, 0.1) is 31.6 Å². The number of nitrogens with zero attached hydrogens (tertiary/aromatic N) is 2. The normalized spacial score (nSPS) is 26.4. The van der Waals surface area contributed by atoms with E-state index in [1.807, 2.05) is 45.9 Å². The van der Waals surface area contributed by atoms with E-state index in [4.69, 9.17) is 9.47 Å². The molecule has 10 heteroatoms. The second-order valence-corrected chi connectivity index (χ2v) is 13.1. The molecule has 3 aliphatic rings. The van der Waals surface area contributed by atoms with Gasteiger partial charge in [-0.15, -0.1) is 13.2 Å². The second kappa shape index (κ2) is 14.3. The first kappa shape index (κ1) is 34.4. The molecule has 0 aliphatic carbocycles. The van der Waals surface area contributed by atoms with Gasteiger partial charge in [-0.3, -0.25) is 19.2 Å². The molecule has 10 nitrogen and oxygen atoms in total. The van der Waals surface area contributed by atoms with E-state index < -0.39 is 47.7 Å². The van der Waals surface area contributed by atoms with Gasteiger partial charge < -0.3 is 29.7 Å². The molecule has 2 N–H and O–H groups in total. The summed E-state index contributed by atoms with van der Waals surface area (Å²) >= 11 is 0. The zero-order chi connectivity index (χ0) is 33.1. The Bertz CT molecular complexity index is 1290. The van der Waals surface area contributed by atoms with Crippen LogP contribution in [-0.4, -0.2) is 83.3 Å². The number of anilines is 1. The molecule has 3 heterocycles. The average Bonchev–Trinajstić information content (AvgIpc) is 3.64. The third kappa shape index (κ3) is 6.58. The van der Waals surface area contributed by atoms with Crippen molar-refractivity contribution in [3.63, 3.8) is 0 Å². The van der Waals surface area contributed by atoms with E-state index in [0.717, 1.165) is 16.8 Å². The third-order valence-corrected chi connectivity index (χ3v) is 9.36. The van der Waals surface area contributed by atoms with Crippen LogP contribution in [0.1, 0.15) is 64.0 Å². The number of ether oxygens (including phenoxy) is 2. The van der Waals surface area contributed by atoms with Crippen molar-refractivity contribution in [1.82, 2.24) is 10.2 Å². The molecule has 4 rings (SSSR count). The van der Waals surface area contributed by atoms with E-state index in [2.05, 4.69) is 18.5 Å². The zero-order valence-corrected chi connectivity index (χ0v) is 27.3. The van der Waals surface area contributed by atoms with Crippen LogP contribution in [0.4, 0.5) is 5.69 Å². The second-order valence-electron chi connectivity index (χ2n) is 13.1. The van der Waals surface area contributed by atoms with Gasteiger partial charge >= 0.3 is 5.97 Å². The Morgan fingerprint density at radius 3 is 2.49 bits per heavy atom. The predicted octanol–water partition coefficient (Wildman–Crippen LogP) is 3.62. The standard InChI is InChI=1S/C35H49N3O7/c1-8-10-14-27(40)36-19-24(7)44-34(43)28-26-15-16-35(45-26)29(28)32(41)38(25(20-39)18-21(3)4)31(35)33(42)37(17-9-2)30-22(5)12-11-13-23(30)6/h8-9,11-13,21,24-26,28-29,31,39H,1-2,10,14-20H2,3-7H3,(H,36,40)/t24-,25+,26-,28+,29+,31-,35+/m0/s1. The first-order valence-corrected chi connectivity index (χ1v) is 16.1. The molecular formula is C35H49N3O7. The number of fused-ring (bicyclic) bond motifs is 1. The van der Waals surface area contributed by atoms with Gasteiger partial charge in [0.15, 0.2) is 0 Å². The van der Waals surface area contributed by atoms with Gasteiger partial charge in [-0.2, -0.15) is 0 Å². The van der Waals surface area contributed by atoms with Crippen molar-refractivity contribution in [1.29, 1.82) is 0 Å². The molecule has 0 aromatic heterocycles. The van der Waals surface area contributed by atoms with E-state index in [-0.39, 0.29) is 43.3 Å². The maximum Gasteiger partial charge on any atom is 0.312 e. The minimum absolute atomic E-state index is 0.129. The van der Waals surface area contributed by atoms with Crippen LogP contribution >= 0.6 is 0 Å². The van der Waals surface area contributed by atoms with Crippen LogP contribution in [0.25, 0.3) is 0 Å². The number of esters is 1. The molecule has 0 radical (unpaired) electrons. The van der Waals surface area contributed by atoms with E-state index in [9.17, 15) is 24.3 Å². The number of aliphatic hydroxyl groups excluding tert-OH is 1. The fraction of sp³-hybridized carbons (Fsp3) is 0.600. The van der Waals surface area contributed by atoms with Crippen LogP contribution in [0.2, 0.25) is 0 Å². The lowest BCUT2D eigenvalue weighted by atomic mass is 9.70. The summed E-state index contributed by atoms with van der Waals surface area (Å²) in [4.78, 5) is 58.3. The Labute approximate surface area is 266 Å². The van der Waals surface area contributed by atoms with Crippen LogP contribution in [0.3, 0.4) is 0 Å². The number of hydrogen-bond acceptors (Lipinski definition) is 7. The van der Waals surface area contributed by atoms with E-state index in [0.29, 0.717) is 32.1 Å². The Morgan fingerprint density at radius 2 is 1.89 bits per heavy atom. The highest BCUT2D eigenvalue weighted by atomic mass is 16.6. The Kier molecular flexibility index (Phi) is 10.9. The maximum atomic E-state index is 14.9. The monoisotopic (exact) mass is 623 g/mol. The summed E-state index contributed by atoms with van der Waals surface area (Å²) in [7, 11) is 0. The van der Waals surface area contributed by atoms with Gasteiger partial charge in [0.1, 0.15) is 17.7 Å². The quantitative estimate of drug-likeness (QED) is 0.226. The van der Waals surface area contributed by atoms with Crippen molar-refractivity contribution < 1.29 is 33.8 Å².